The molecule has 0 amide bonds. The summed E-state index contributed by atoms with van der Waals surface area (Å²) >= 11 is 0. The van der Waals surface area contributed by atoms with Crippen LogP contribution >= 0.6 is 0 Å². The van der Waals surface area contributed by atoms with Crippen LogP contribution < -0.4 is 10.2 Å². The molecule has 1 aromatic carbocycles. The molecule has 9 nitrogen and oxygen atoms in total. The average molecular weight is 400 g/mol. The highest BCUT2D eigenvalue weighted by atomic mass is 16.7. The maximum absolute atomic E-state index is 5.55. The summed E-state index contributed by atoms with van der Waals surface area (Å²) in [5, 5.41) is 11.8. The van der Waals surface area contributed by atoms with Crippen molar-refractivity contribution in [2.45, 2.75) is 13.3 Å². The second-order valence-electron chi connectivity index (χ2n) is 6.73. The second kappa shape index (κ2) is 7.70. The fourth-order valence-corrected chi connectivity index (χ4v) is 3.24. The smallest absolute Gasteiger partial charge is 0.154 e. The monoisotopic (exact) mass is 400 g/mol. The van der Waals surface area contributed by atoms with Gasteiger partial charge < -0.3 is 14.6 Å². The summed E-state index contributed by atoms with van der Waals surface area (Å²) in [5.41, 5.74) is 4.83. The van der Waals surface area contributed by atoms with Gasteiger partial charge in [-0.15, -0.1) is 9.94 Å². The van der Waals surface area contributed by atoms with E-state index < -0.39 is 0 Å². The Morgan fingerprint density at radius 2 is 1.97 bits per heavy atom. The van der Waals surface area contributed by atoms with Crippen LogP contribution in [-0.4, -0.2) is 40.7 Å². The van der Waals surface area contributed by atoms with Crippen LogP contribution in [0.25, 0.3) is 22.5 Å². The van der Waals surface area contributed by atoms with Crippen molar-refractivity contribution >= 4 is 17.0 Å². The van der Waals surface area contributed by atoms with Crippen molar-refractivity contribution in [2.24, 2.45) is 0 Å². The van der Waals surface area contributed by atoms with Crippen LogP contribution in [0.15, 0.2) is 73.8 Å². The van der Waals surface area contributed by atoms with Crippen molar-refractivity contribution in [1.29, 1.82) is 0 Å². The fraction of sp³-hybridized carbons (Fsp3) is 0.143. The average Bonchev–Trinajstić information content (AvgIpc) is 3.53. The first-order valence-corrected chi connectivity index (χ1v) is 9.68. The van der Waals surface area contributed by atoms with Gasteiger partial charge in [-0.2, -0.15) is 5.10 Å². The lowest BCUT2D eigenvalue weighted by molar-refractivity contribution is 0.0829. The quantitative estimate of drug-likeness (QED) is 0.451. The summed E-state index contributed by atoms with van der Waals surface area (Å²) < 4.78 is 3.80. The molecule has 0 saturated heterocycles. The van der Waals surface area contributed by atoms with E-state index in [0.29, 0.717) is 6.61 Å². The summed E-state index contributed by atoms with van der Waals surface area (Å²) in [6.07, 6.45) is 11.5. The van der Waals surface area contributed by atoms with Gasteiger partial charge in [-0.1, -0.05) is 6.92 Å². The Labute approximate surface area is 172 Å². The molecule has 5 aromatic rings. The molecule has 0 aliphatic heterocycles. The Kier molecular flexibility index (Phi) is 4.60. The standard InChI is InChI=1S/C21H20N8O/c1-2-11-30-29-13-16(12-24-29)19-7-8-20-21(23-9-10-27(19)20)26-17-3-5-18(6-4-17)28-15-22-14-25-28/h3-10,12-15H,2,11H2,1H3,(H,23,26). The molecule has 0 aliphatic carbocycles. The van der Waals surface area contributed by atoms with Crippen molar-refractivity contribution in [3.8, 4) is 16.9 Å². The van der Waals surface area contributed by atoms with E-state index in [-0.39, 0.29) is 0 Å². The van der Waals surface area contributed by atoms with Crippen LogP contribution in [-0.2, 0) is 0 Å². The Morgan fingerprint density at radius 1 is 1.07 bits per heavy atom. The van der Waals surface area contributed by atoms with Crippen molar-refractivity contribution in [1.82, 2.24) is 34.1 Å². The van der Waals surface area contributed by atoms with Crippen LogP contribution in [0.3, 0.4) is 0 Å². The van der Waals surface area contributed by atoms with Gasteiger partial charge in [-0.05, 0) is 42.8 Å². The third-order valence-electron chi connectivity index (χ3n) is 4.68. The van der Waals surface area contributed by atoms with Crippen molar-refractivity contribution in [2.75, 3.05) is 11.9 Å². The van der Waals surface area contributed by atoms with Gasteiger partial charge >= 0.3 is 0 Å². The molecule has 0 atom stereocenters. The largest absolute Gasteiger partial charge is 0.397 e. The SMILES string of the molecule is CCCOn1cc(-c2ccc3c(Nc4ccc(-n5cncn5)cc4)nccn23)cn1. The van der Waals surface area contributed by atoms with E-state index in [1.54, 1.807) is 23.4 Å². The second-order valence-corrected chi connectivity index (χ2v) is 6.73. The number of hydrogen-bond donors (Lipinski definition) is 1. The van der Waals surface area contributed by atoms with Crippen LogP contribution in [0.1, 0.15) is 13.3 Å². The zero-order chi connectivity index (χ0) is 20.3. The summed E-state index contributed by atoms with van der Waals surface area (Å²) in [4.78, 5) is 15.6. The van der Waals surface area contributed by atoms with E-state index in [9.17, 15) is 0 Å². The van der Waals surface area contributed by atoms with Gasteiger partial charge in [0.1, 0.15) is 19.3 Å². The van der Waals surface area contributed by atoms with E-state index in [2.05, 4.69) is 42.9 Å². The number of aromatic nitrogens is 7. The number of nitrogens with zero attached hydrogens (tertiary/aromatic N) is 7. The molecule has 150 valence electrons. The molecule has 4 heterocycles. The normalized spacial score (nSPS) is 11.1. The summed E-state index contributed by atoms with van der Waals surface area (Å²) in [6, 6.07) is 12.0. The number of hydrogen-bond acceptors (Lipinski definition) is 6. The van der Waals surface area contributed by atoms with Crippen molar-refractivity contribution in [3.05, 3.63) is 73.8 Å². The van der Waals surface area contributed by atoms with E-state index in [4.69, 9.17) is 4.84 Å². The number of benzene rings is 1. The molecule has 0 saturated carbocycles. The minimum Gasteiger partial charge on any atom is -0.397 e. The van der Waals surface area contributed by atoms with Crippen LogP contribution in [0.2, 0.25) is 0 Å². The third-order valence-corrected chi connectivity index (χ3v) is 4.68. The van der Waals surface area contributed by atoms with Crippen LogP contribution in [0.5, 0.6) is 0 Å². The maximum Gasteiger partial charge on any atom is 0.154 e. The third kappa shape index (κ3) is 3.37. The lowest BCUT2D eigenvalue weighted by atomic mass is 10.3. The number of fused-ring (bicyclic) bond motifs is 1. The molecule has 1 N–H and O–H groups in total. The van der Waals surface area contributed by atoms with E-state index in [0.717, 1.165) is 40.4 Å². The molecule has 5 rings (SSSR count). The predicted octanol–water partition coefficient (Wildman–Crippen LogP) is 3.36. The summed E-state index contributed by atoms with van der Waals surface area (Å²) in [5.74, 6) is 0.770. The van der Waals surface area contributed by atoms with Crippen LogP contribution in [0.4, 0.5) is 11.5 Å². The lowest BCUT2D eigenvalue weighted by Gasteiger charge is -2.09. The molecule has 9 heteroatoms. The van der Waals surface area contributed by atoms with Gasteiger partial charge in [0.25, 0.3) is 0 Å². The first-order valence-electron chi connectivity index (χ1n) is 9.68. The highest BCUT2D eigenvalue weighted by Crippen LogP contribution is 2.27. The highest BCUT2D eigenvalue weighted by Gasteiger charge is 2.11. The Morgan fingerprint density at radius 3 is 2.77 bits per heavy atom. The molecule has 0 radical (unpaired) electrons. The topological polar surface area (TPSA) is 87.1 Å². The predicted molar refractivity (Wildman–Crippen MR) is 113 cm³/mol. The molecule has 0 unspecified atom stereocenters. The molecular formula is C21H20N8O. The molecule has 0 spiro atoms. The minimum absolute atomic E-state index is 0.629. The number of rotatable bonds is 7. The Bertz CT molecular complexity index is 1250. The van der Waals surface area contributed by atoms with Gasteiger partial charge in [0.05, 0.1) is 29.3 Å². The highest BCUT2D eigenvalue weighted by molar-refractivity contribution is 5.78. The molecule has 30 heavy (non-hydrogen) atoms. The van der Waals surface area contributed by atoms with Gasteiger partial charge in [0.2, 0.25) is 0 Å². The minimum atomic E-state index is 0.629. The van der Waals surface area contributed by atoms with E-state index >= 15 is 0 Å². The molecule has 0 aliphatic rings. The number of anilines is 2. The van der Waals surface area contributed by atoms with Gasteiger partial charge in [0.15, 0.2) is 5.82 Å². The van der Waals surface area contributed by atoms with E-state index in [1.165, 1.54) is 11.2 Å². The van der Waals surface area contributed by atoms with Crippen molar-refractivity contribution in [3.63, 3.8) is 0 Å². The van der Waals surface area contributed by atoms with Crippen LogP contribution in [0, 0.1) is 0 Å². The van der Waals surface area contributed by atoms with Gasteiger partial charge in [-0.25, -0.2) is 14.6 Å². The molecule has 0 fully saturated rings. The number of nitrogens with one attached hydrogen (secondary N) is 1. The first kappa shape index (κ1) is 17.9. The zero-order valence-electron chi connectivity index (χ0n) is 16.4. The summed E-state index contributed by atoms with van der Waals surface area (Å²) in [6.45, 7) is 2.69. The van der Waals surface area contributed by atoms with Gasteiger partial charge in [-0.3, -0.25) is 0 Å². The zero-order valence-corrected chi connectivity index (χ0v) is 16.4. The molecular weight excluding hydrogens is 380 g/mol. The summed E-state index contributed by atoms with van der Waals surface area (Å²) in [7, 11) is 0. The van der Waals surface area contributed by atoms with Crippen molar-refractivity contribution < 1.29 is 4.84 Å². The maximum atomic E-state index is 5.55. The lowest BCUT2D eigenvalue weighted by Crippen LogP contribution is -2.12. The van der Waals surface area contributed by atoms with Gasteiger partial charge in [0, 0.05) is 23.6 Å². The Balaban J connectivity index is 1.41. The Hall–Kier alpha value is -4.14. The first-order chi connectivity index (χ1) is 14.8. The molecule has 4 aromatic heterocycles. The molecule has 0 bridgehead atoms. The van der Waals surface area contributed by atoms with E-state index in [1.807, 2.05) is 42.7 Å². The fourth-order valence-electron chi connectivity index (χ4n) is 3.24.